The first-order valence-electron chi connectivity index (χ1n) is 5.82. The largest absolute Gasteiger partial charge is 0.331 e. The van der Waals surface area contributed by atoms with Crippen molar-refractivity contribution < 1.29 is 4.39 Å². The minimum Gasteiger partial charge on any atom is -0.331 e. The van der Waals surface area contributed by atoms with Crippen molar-refractivity contribution in [2.24, 2.45) is 0 Å². The first-order chi connectivity index (χ1) is 9.54. The van der Waals surface area contributed by atoms with Crippen LogP contribution in [0.2, 0.25) is 5.02 Å². The molecule has 2 aromatic carbocycles. The Hall–Kier alpha value is -1.17. The fraction of sp³-hybridized carbons (Fsp3) is 0.0714. The van der Waals surface area contributed by atoms with Crippen LogP contribution in [-0.2, 0) is 0 Å². The van der Waals surface area contributed by atoms with Gasteiger partial charge in [0, 0.05) is 5.69 Å². The maximum absolute atomic E-state index is 13.6. The van der Waals surface area contributed by atoms with Crippen molar-refractivity contribution in [3.8, 4) is 0 Å². The number of nitrogens with zero attached hydrogens (tertiary/aromatic N) is 1. The monoisotopic (exact) mass is 370 g/mol. The highest BCUT2D eigenvalue weighted by molar-refractivity contribution is 9.10. The van der Waals surface area contributed by atoms with Crippen LogP contribution in [-0.4, -0.2) is 4.98 Å². The zero-order chi connectivity index (χ0) is 14.3. The van der Waals surface area contributed by atoms with Crippen LogP contribution in [0.4, 0.5) is 15.2 Å². The van der Waals surface area contributed by atoms with Crippen molar-refractivity contribution >= 4 is 59.9 Å². The van der Waals surface area contributed by atoms with E-state index in [1.165, 1.54) is 17.4 Å². The highest BCUT2D eigenvalue weighted by Crippen LogP contribution is 2.34. The second-order valence-corrected chi connectivity index (χ2v) is 6.57. The second-order valence-electron chi connectivity index (χ2n) is 4.31. The highest BCUT2D eigenvalue weighted by atomic mass is 79.9. The number of benzene rings is 2. The lowest BCUT2D eigenvalue weighted by molar-refractivity contribution is 0.621. The van der Waals surface area contributed by atoms with Crippen LogP contribution in [0.25, 0.3) is 10.2 Å². The summed E-state index contributed by atoms with van der Waals surface area (Å²) in [7, 11) is 0. The summed E-state index contributed by atoms with van der Waals surface area (Å²) >= 11 is 10.7. The number of fused-ring (bicyclic) bond motifs is 1. The van der Waals surface area contributed by atoms with Gasteiger partial charge in [-0.05, 0) is 52.7 Å². The highest BCUT2D eigenvalue weighted by Gasteiger charge is 2.10. The van der Waals surface area contributed by atoms with Crippen LogP contribution in [0.15, 0.2) is 34.8 Å². The molecule has 0 fully saturated rings. The zero-order valence-corrected chi connectivity index (χ0v) is 13.5. The topological polar surface area (TPSA) is 24.9 Å². The number of nitrogens with one attached hydrogen (secondary N) is 1. The van der Waals surface area contributed by atoms with Gasteiger partial charge in [0.2, 0.25) is 0 Å². The molecule has 3 rings (SSSR count). The number of rotatable bonds is 2. The SMILES string of the molecule is Cc1cc(Br)c(F)cc1Nc1nc2cccc(Cl)c2s1. The van der Waals surface area contributed by atoms with Gasteiger partial charge in [-0.3, -0.25) is 0 Å². The molecule has 0 amide bonds. The molecular weight excluding hydrogens is 363 g/mol. The van der Waals surface area contributed by atoms with E-state index >= 15 is 0 Å². The molecule has 0 bridgehead atoms. The van der Waals surface area contributed by atoms with Gasteiger partial charge in [0.05, 0.1) is 19.7 Å². The van der Waals surface area contributed by atoms with Crippen molar-refractivity contribution in [3.05, 3.63) is 51.2 Å². The van der Waals surface area contributed by atoms with E-state index in [2.05, 4.69) is 26.2 Å². The molecule has 0 aliphatic carbocycles. The van der Waals surface area contributed by atoms with Crippen molar-refractivity contribution in [1.29, 1.82) is 0 Å². The van der Waals surface area contributed by atoms with Crippen molar-refractivity contribution in [2.45, 2.75) is 6.92 Å². The quantitative estimate of drug-likeness (QED) is 0.606. The maximum atomic E-state index is 13.6. The minimum absolute atomic E-state index is 0.308. The number of halogens is 3. The Kier molecular flexibility index (Phi) is 3.67. The lowest BCUT2D eigenvalue weighted by Crippen LogP contribution is -1.94. The van der Waals surface area contributed by atoms with Gasteiger partial charge in [-0.1, -0.05) is 29.0 Å². The molecule has 0 unspecified atom stereocenters. The van der Waals surface area contributed by atoms with Crippen LogP contribution in [0.3, 0.4) is 0 Å². The summed E-state index contributed by atoms with van der Waals surface area (Å²) in [4.78, 5) is 4.45. The van der Waals surface area contributed by atoms with E-state index in [9.17, 15) is 4.39 Å². The summed E-state index contributed by atoms with van der Waals surface area (Å²) in [6.07, 6.45) is 0. The molecule has 1 aromatic heterocycles. The molecular formula is C14H9BrClFN2S. The van der Waals surface area contributed by atoms with Crippen molar-refractivity contribution in [3.63, 3.8) is 0 Å². The van der Waals surface area contributed by atoms with E-state index in [4.69, 9.17) is 11.6 Å². The molecule has 6 heteroatoms. The molecule has 0 radical (unpaired) electrons. The van der Waals surface area contributed by atoms with Gasteiger partial charge in [0.15, 0.2) is 5.13 Å². The predicted octanol–water partition coefficient (Wildman–Crippen LogP) is 5.90. The molecule has 2 nitrogen and oxygen atoms in total. The van der Waals surface area contributed by atoms with E-state index in [1.807, 2.05) is 25.1 Å². The standard InChI is InChI=1S/C14H9BrClFN2S/c1-7-5-8(15)10(17)6-12(7)19-14-18-11-4-2-3-9(16)13(11)20-14/h2-6H,1H3,(H,18,19). The van der Waals surface area contributed by atoms with Gasteiger partial charge in [0.25, 0.3) is 0 Å². The van der Waals surface area contributed by atoms with Crippen molar-refractivity contribution in [1.82, 2.24) is 4.98 Å². The number of anilines is 2. The third-order valence-electron chi connectivity index (χ3n) is 2.88. The first kappa shape index (κ1) is 13.8. The number of aromatic nitrogens is 1. The summed E-state index contributed by atoms with van der Waals surface area (Å²) < 4.78 is 15.0. The van der Waals surface area contributed by atoms with E-state index in [-0.39, 0.29) is 5.82 Å². The molecule has 1 N–H and O–H groups in total. The predicted molar refractivity (Wildman–Crippen MR) is 86.7 cm³/mol. The number of thiazole rings is 1. The van der Waals surface area contributed by atoms with Gasteiger partial charge in [0.1, 0.15) is 5.82 Å². The lowest BCUT2D eigenvalue weighted by atomic mass is 10.2. The fourth-order valence-electron chi connectivity index (χ4n) is 1.87. The van der Waals surface area contributed by atoms with E-state index in [1.54, 1.807) is 6.07 Å². The summed E-state index contributed by atoms with van der Waals surface area (Å²) in [5.74, 6) is -0.308. The average molecular weight is 372 g/mol. The molecule has 0 aliphatic rings. The molecule has 20 heavy (non-hydrogen) atoms. The zero-order valence-electron chi connectivity index (χ0n) is 10.4. The molecule has 0 atom stereocenters. The molecule has 0 saturated heterocycles. The lowest BCUT2D eigenvalue weighted by Gasteiger charge is -2.07. The summed E-state index contributed by atoms with van der Waals surface area (Å²) in [6.45, 7) is 1.91. The van der Waals surface area contributed by atoms with Crippen LogP contribution < -0.4 is 5.32 Å². The molecule has 0 spiro atoms. The Morgan fingerprint density at radius 2 is 2.15 bits per heavy atom. The maximum Gasteiger partial charge on any atom is 0.188 e. The van der Waals surface area contributed by atoms with Crippen LogP contribution in [0.5, 0.6) is 0 Å². The normalized spacial score (nSPS) is 11.0. The van der Waals surface area contributed by atoms with Gasteiger partial charge < -0.3 is 5.32 Å². The smallest absolute Gasteiger partial charge is 0.188 e. The Morgan fingerprint density at radius 1 is 1.35 bits per heavy atom. The number of hydrogen-bond acceptors (Lipinski definition) is 3. The van der Waals surface area contributed by atoms with Crippen LogP contribution in [0.1, 0.15) is 5.56 Å². The molecule has 1 heterocycles. The van der Waals surface area contributed by atoms with Gasteiger partial charge >= 0.3 is 0 Å². The van der Waals surface area contributed by atoms with E-state index in [0.29, 0.717) is 20.3 Å². The molecule has 3 aromatic rings. The summed E-state index contributed by atoms with van der Waals surface area (Å²) in [5, 5.41) is 4.51. The Bertz CT molecular complexity index is 803. The van der Waals surface area contributed by atoms with Gasteiger partial charge in [-0.15, -0.1) is 0 Å². The Morgan fingerprint density at radius 3 is 2.90 bits per heavy atom. The molecule has 102 valence electrons. The Balaban J connectivity index is 2.01. The molecule has 0 saturated carbocycles. The van der Waals surface area contributed by atoms with Gasteiger partial charge in [-0.25, -0.2) is 9.37 Å². The van der Waals surface area contributed by atoms with Crippen molar-refractivity contribution in [2.75, 3.05) is 5.32 Å². The third-order valence-corrected chi connectivity index (χ3v) is 4.93. The van der Waals surface area contributed by atoms with Crippen LogP contribution >= 0.6 is 38.9 Å². The van der Waals surface area contributed by atoms with E-state index in [0.717, 1.165) is 15.8 Å². The second kappa shape index (κ2) is 5.31. The Labute approximate surface area is 132 Å². The molecule has 0 aliphatic heterocycles. The number of hydrogen-bond donors (Lipinski definition) is 1. The minimum atomic E-state index is -0.308. The van der Waals surface area contributed by atoms with Gasteiger partial charge in [-0.2, -0.15) is 0 Å². The van der Waals surface area contributed by atoms with E-state index < -0.39 is 0 Å². The third kappa shape index (κ3) is 2.53. The van der Waals surface area contributed by atoms with Crippen LogP contribution in [0, 0.1) is 12.7 Å². The first-order valence-corrected chi connectivity index (χ1v) is 7.81. The number of aryl methyl sites for hydroxylation is 1. The average Bonchev–Trinajstić information content (AvgIpc) is 2.80. The summed E-state index contributed by atoms with van der Waals surface area (Å²) in [5.41, 5.74) is 2.46. The summed E-state index contributed by atoms with van der Waals surface area (Å²) in [6, 6.07) is 8.78. The fourth-order valence-corrected chi connectivity index (χ4v) is 3.49.